The van der Waals surface area contributed by atoms with E-state index in [2.05, 4.69) is 29.8 Å². The lowest BCUT2D eigenvalue weighted by atomic mass is 9.49. The Balaban J connectivity index is 1.90. The largest absolute Gasteiger partial charge is 0.396 e. The van der Waals surface area contributed by atoms with E-state index in [1.54, 1.807) is 0 Å². The summed E-state index contributed by atoms with van der Waals surface area (Å²) in [7, 11) is 0. The Kier molecular flexibility index (Phi) is 5.20. The molecule has 0 amide bonds. The van der Waals surface area contributed by atoms with Gasteiger partial charge >= 0.3 is 0 Å². The molecule has 0 heterocycles. The van der Waals surface area contributed by atoms with E-state index in [1.807, 2.05) is 0 Å². The van der Waals surface area contributed by atoms with E-state index < -0.39 is 0 Å². The van der Waals surface area contributed by atoms with Gasteiger partial charge in [-0.25, -0.2) is 0 Å². The standard InChI is InChI=1S/C19H31BrO4/c1-11-14(4-5-18(2)15(11)8-16(20)17(18)24)19(10-22)6-3-13(23)7-12(19)9-21/h11-16,21-23H,3-10H2,1-2H3/t11?,12-,13+,14?,15?,16-,18+,19-/m1/s1. The molecule has 0 aromatic rings. The lowest BCUT2D eigenvalue weighted by Gasteiger charge is -2.56. The van der Waals surface area contributed by atoms with E-state index in [-0.39, 0.29) is 40.9 Å². The van der Waals surface area contributed by atoms with Gasteiger partial charge in [-0.05, 0) is 62.2 Å². The average molecular weight is 403 g/mol. The molecule has 138 valence electrons. The number of hydrogen-bond acceptors (Lipinski definition) is 4. The van der Waals surface area contributed by atoms with Crippen molar-refractivity contribution in [1.29, 1.82) is 0 Å². The van der Waals surface area contributed by atoms with Crippen molar-refractivity contribution in [2.75, 3.05) is 13.2 Å². The summed E-state index contributed by atoms with van der Waals surface area (Å²) < 4.78 is 0. The SMILES string of the molecule is CC1C([C@@]2(CO)CC[C@H](O)C[C@@H]2CO)CC[C@]2(C)C(=O)[C@H](Br)CC12. The molecule has 24 heavy (non-hydrogen) atoms. The van der Waals surface area contributed by atoms with Crippen LogP contribution in [0.4, 0.5) is 0 Å². The van der Waals surface area contributed by atoms with Gasteiger partial charge in [-0.2, -0.15) is 0 Å². The summed E-state index contributed by atoms with van der Waals surface area (Å²) in [5, 5.41) is 30.3. The van der Waals surface area contributed by atoms with Crippen LogP contribution in [-0.4, -0.2) is 45.2 Å². The van der Waals surface area contributed by atoms with Crippen LogP contribution in [-0.2, 0) is 4.79 Å². The van der Waals surface area contributed by atoms with Crippen LogP contribution in [0.2, 0.25) is 0 Å². The molecular weight excluding hydrogens is 372 g/mol. The van der Waals surface area contributed by atoms with E-state index in [0.29, 0.717) is 36.4 Å². The monoisotopic (exact) mass is 402 g/mol. The van der Waals surface area contributed by atoms with Crippen molar-refractivity contribution in [3.63, 3.8) is 0 Å². The number of hydrogen-bond donors (Lipinski definition) is 3. The van der Waals surface area contributed by atoms with Gasteiger partial charge in [0.25, 0.3) is 0 Å². The highest BCUT2D eigenvalue weighted by molar-refractivity contribution is 9.10. The van der Waals surface area contributed by atoms with E-state index in [1.165, 1.54) is 0 Å². The molecule has 5 heteroatoms. The lowest BCUT2D eigenvalue weighted by molar-refractivity contribution is -0.141. The third kappa shape index (κ3) is 2.62. The van der Waals surface area contributed by atoms with Crippen molar-refractivity contribution in [2.45, 2.75) is 63.3 Å². The number of halogens is 1. The minimum absolute atomic E-state index is 0.0166. The summed E-state index contributed by atoms with van der Waals surface area (Å²) in [5.74, 6) is 1.26. The fourth-order valence-electron chi connectivity index (χ4n) is 6.43. The summed E-state index contributed by atoms with van der Waals surface area (Å²) in [6.45, 7) is 4.44. The highest BCUT2D eigenvalue weighted by Gasteiger charge is 2.60. The van der Waals surface area contributed by atoms with Crippen molar-refractivity contribution in [2.24, 2.45) is 34.5 Å². The molecule has 3 aliphatic rings. The number of fused-ring (bicyclic) bond motifs is 1. The van der Waals surface area contributed by atoms with Crippen molar-refractivity contribution >= 4 is 21.7 Å². The third-order valence-electron chi connectivity index (χ3n) is 7.94. The van der Waals surface area contributed by atoms with Crippen LogP contribution in [0.3, 0.4) is 0 Å². The fourth-order valence-corrected chi connectivity index (χ4v) is 7.36. The molecule has 0 aliphatic heterocycles. The zero-order chi connectivity index (χ0) is 17.7. The van der Waals surface area contributed by atoms with Crippen LogP contribution in [0.15, 0.2) is 0 Å². The Morgan fingerprint density at radius 3 is 2.50 bits per heavy atom. The van der Waals surface area contributed by atoms with Gasteiger partial charge in [0, 0.05) is 24.0 Å². The number of rotatable bonds is 3. The molecule has 3 fully saturated rings. The second-order valence-electron chi connectivity index (χ2n) is 8.79. The molecule has 8 atom stereocenters. The highest BCUT2D eigenvalue weighted by atomic mass is 79.9. The van der Waals surface area contributed by atoms with Crippen LogP contribution in [0.25, 0.3) is 0 Å². The van der Waals surface area contributed by atoms with E-state index in [0.717, 1.165) is 25.7 Å². The number of carbonyl (C=O) groups is 1. The van der Waals surface area contributed by atoms with Gasteiger partial charge in [0.2, 0.25) is 0 Å². The topological polar surface area (TPSA) is 77.8 Å². The van der Waals surface area contributed by atoms with Crippen molar-refractivity contribution in [1.82, 2.24) is 0 Å². The molecule has 4 nitrogen and oxygen atoms in total. The molecule has 3 N–H and O–H groups in total. The Morgan fingerprint density at radius 1 is 1.17 bits per heavy atom. The fraction of sp³-hybridized carbons (Fsp3) is 0.947. The van der Waals surface area contributed by atoms with Crippen molar-refractivity contribution in [3.05, 3.63) is 0 Å². The summed E-state index contributed by atoms with van der Waals surface area (Å²) in [4.78, 5) is 12.6. The number of aliphatic hydroxyl groups excluding tert-OH is 3. The lowest BCUT2D eigenvalue weighted by Crippen LogP contribution is -2.54. The maximum atomic E-state index is 12.6. The van der Waals surface area contributed by atoms with Gasteiger partial charge in [0.05, 0.1) is 10.9 Å². The van der Waals surface area contributed by atoms with Gasteiger partial charge in [-0.1, -0.05) is 29.8 Å². The van der Waals surface area contributed by atoms with Crippen molar-refractivity contribution in [3.8, 4) is 0 Å². The zero-order valence-electron chi connectivity index (χ0n) is 14.7. The quantitative estimate of drug-likeness (QED) is 0.633. The normalized spacial score (nSPS) is 52.3. The molecule has 3 unspecified atom stereocenters. The number of ketones is 1. The van der Waals surface area contributed by atoms with E-state index in [9.17, 15) is 20.1 Å². The molecule has 0 aromatic carbocycles. The van der Waals surface area contributed by atoms with Gasteiger partial charge in [0.15, 0.2) is 5.78 Å². The van der Waals surface area contributed by atoms with Crippen molar-refractivity contribution < 1.29 is 20.1 Å². The number of carbonyl (C=O) groups excluding carboxylic acids is 1. The minimum Gasteiger partial charge on any atom is -0.396 e. The second-order valence-corrected chi connectivity index (χ2v) is 9.90. The van der Waals surface area contributed by atoms with Gasteiger partial charge in [0.1, 0.15) is 0 Å². The maximum absolute atomic E-state index is 12.6. The molecule has 0 saturated heterocycles. The molecule has 3 aliphatic carbocycles. The first kappa shape index (κ1) is 18.8. The number of aliphatic hydroxyl groups is 3. The molecular formula is C19H31BrO4. The Bertz CT molecular complexity index is 498. The molecule has 0 aromatic heterocycles. The molecule has 0 bridgehead atoms. The first-order valence-corrected chi connectivity index (χ1v) is 10.3. The highest BCUT2D eigenvalue weighted by Crippen LogP contribution is 2.61. The molecule has 0 spiro atoms. The number of alkyl halides is 1. The Morgan fingerprint density at radius 2 is 1.88 bits per heavy atom. The van der Waals surface area contributed by atoms with Crippen LogP contribution in [0.1, 0.15) is 52.4 Å². The summed E-state index contributed by atoms with van der Waals surface area (Å²) in [5.41, 5.74) is -0.564. The van der Waals surface area contributed by atoms with Crippen LogP contribution < -0.4 is 0 Å². The molecule has 3 saturated carbocycles. The Hall–Kier alpha value is 0.0300. The Labute approximate surface area is 153 Å². The maximum Gasteiger partial charge on any atom is 0.152 e. The zero-order valence-corrected chi connectivity index (χ0v) is 16.3. The minimum atomic E-state index is -0.369. The predicted molar refractivity (Wildman–Crippen MR) is 95.8 cm³/mol. The molecule has 0 radical (unpaired) electrons. The summed E-state index contributed by atoms with van der Waals surface area (Å²) >= 11 is 3.56. The van der Waals surface area contributed by atoms with Gasteiger partial charge in [-0.15, -0.1) is 0 Å². The van der Waals surface area contributed by atoms with E-state index in [4.69, 9.17) is 0 Å². The first-order valence-electron chi connectivity index (χ1n) is 9.38. The van der Waals surface area contributed by atoms with E-state index >= 15 is 0 Å². The predicted octanol–water partition coefficient (Wildman–Crippen LogP) is 2.52. The van der Waals surface area contributed by atoms with Gasteiger partial charge in [-0.3, -0.25) is 4.79 Å². The smallest absolute Gasteiger partial charge is 0.152 e. The summed E-state index contributed by atoms with van der Waals surface area (Å²) in [6.07, 6.45) is 4.33. The first-order chi connectivity index (χ1) is 11.3. The summed E-state index contributed by atoms with van der Waals surface area (Å²) in [6, 6.07) is 0. The van der Waals surface area contributed by atoms with Crippen LogP contribution in [0, 0.1) is 34.5 Å². The second kappa shape index (κ2) is 6.64. The molecule has 3 rings (SSSR count). The van der Waals surface area contributed by atoms with Gasteiger partial charge < -0.3 is 15.3 Å². The number of Topliss-reactive ketones (excluding diaryl/α,β-unsaturated/α-hetero) is 1. The average Bonchev–Trinajstić information content (AvgIpc) is 2.80. The third-order valence-corrected chi connectivity index (χ3v) is 8.73. The van der Waals surface area contributed by atoms with Crippen LogP contribution in [0.5, 0.6) is 0 Å². The van der Waals surface area contributed by atoms with Crippen LogP contribution >= 0.6 is 15.9 Å².